The Morgan fingerprint density at radius 1 is 0.551 bits per heavy atom. The standard InChI is InChI=1S/C50H39N4O.C12H10N.Ir/c1-31(2)39-27-35(33-17-8-5-9-18-33)28-40(32(3)4)47(39)54-44-26-15-14-25-42(44)51-50(54)38-24-16-23-37-41-29-45-43(30-46(41)55-48(37)38)52-49(34-19-10-6-11-20-34)53(45)36-21-12-7-13-22-36;1-10-7-8-12(13-9-10)11-5-3-2-4-6-11;/h5-23,25-32H,1-4H3;2-5,7-9H,1H3;/q2*-1;/i;1D3;. The molecule has 69 heavy (non-hydrogen) atoms. The third-order valence-corrected chi connectivity index (χ3v) is 12.5. The van der Waals surface area contributed by atoms with E-state index in [4.69, 9.17) is 18.5 Å². The van der Waals surface area contributed by atoms with Gasteiger partial charge in [-0.1, -0.05) is 142 Å². The van der Waals surface area contributed by atoms with Crippen LogP contribution >= 0.6 is 0 Å². The van der Waals surface area contributed by atoms with Crippen LogP contribution in [0.2, 0.25) is 0 Å². The smallest absolute Gasteiger partial charge is 0.145 e. The van der Waals surface area contributed by atoms with E-state index in [-0.39, 0.29) is 37.5 Å². The zero-order valence-electron chi connectivity index (χ0n) is 41.6. The molecule has 0 saturated heterocycles. The fraction of sp³-hybridized carbons (Fsp3) is 0.113. The molecule has 1 radical (unpaired) electrons. The maximum atomic E-state index is 7.23. The molecule has 0 aliphatic carbocycles. The van der Waals surface area contributed by atoms with Crippen molar-refractivity contribution in [2.45, 2.75) is 46.4 Å². The summed E-state index contributed by atoms with van der Waals surface area (Å²) in [6, 6.07) is 70.5. The van der Waals surface area contributed by atoms with Gasteiger partial charge in [0, 0.05) is 58.8 Å². The van der Waals surface area contributed by atoms with Gasteiger partial charge < -0.3 is 14.0 Å². The summed E-state index contributed by atoms with van der Waals surface area (Å²) in [6.45, 7) is 7.04. The summed E-state index contributed by atoms with van der Waals surface area (Å²) < 4.78 is 33.2. The summed E-state index contributed by atoms with van der Waals surface area (Å²) in [4.78, 5) is 14.7. The van der Waals surface area contributed by atoms with E-state index in [1.165, 1.54) is 34.1 Å². The first-order chi connectivity index (χ1) is 34.5. The van der Waals surface area contributed by atoms with Crippen molar-refractivity contribution < 1.29 is 28.6 Å². The number of rotatable bonds is 8. The van der Waals surface area contributed by atoms with Crippen molar-refractivity contribution >= 4 is 44.0 Å². The Morgan fingerprint density at radius 2 is 1.22 bits per heavy atom. The Morgan fingerprint density at radius 3 is 1.88 bits per heavy atom. The first kappa shape index (κ1) is 41.5. The molecule has 0 aliphatic rings. The molecule has 8 aromatic carbocycles. The molecule has 12 aromatic rings. The fourth-order valence-corrected chi connectivity index (χ4v) is 9.24. The van der Waals surface area contributed by atoms with Crippen molar-refractivity contribution in [2.24, 2.45) is 0 Å². The molecule has 0 spiro atoms. The van der Waals surface area contributed by atoms with Crippen LogP contribution in [0, 0.1) is 19.0 Å². The van der Waals surface area contributed by atoms with Crippen molar-refractivity contribution in [3.05, 3.63) is 223 Å². The predicted octanol–water partition coefficient (Wildman–Crippen LogP) is 16.2. The van der Waals surface area contributed by atoms with Crippen LogP contribution in [-0.4, -0.2) is 24.1 Å². The van der Waals surface area contributed by atoms with E-state index in [2.05, 4.69) is 187 Å². The summed E-state index contributed by atoms with van der Waals surface area (Å²) in [5.74, 6) is 2.21. The van der Waals surface area contributed by atoms with Gasteiger partial charge in [0.15, 0.2) is 0 Å². The quantitative estimate of drug-likeness (QED) is 0.142. The normalized spacial score (nSPS) is 12.2. The summed E-state index contributed by atoms with van der Waals surface area (Å²) in [6.07, 6.45) is 1.39. The molecule has 0 bridgehead atoms. The van der Waals surface area contributed by atoms with Crippen LogP contribution in [0.5, 0.6) is 0 Å². The van der Waals surface area contributed by atoms with E-state index in [0.29, 0.717) is 0 Å². The number of aryl methyl sites for hydroxylation is 1. The van der Waals surface area contributed by atoms with Gasteiger partial charge in [-0.3, -0.25) is 9.55 Å². The van der Waals surface area contributed by atoms with Crippen LogP contribution in [0.15, 0.2) is 199 Å². The second kappa shape index (κ2) is 19.1. The number of nitrogens with zero attached hydrogens (tertiary/aromatic N) is 5. The number of aromatic nitrogens is 5. The van der Waals surface area contributed by atoms with Crippen molar-refractivity contribution in [3.8, 4) is 56.5 Å². The summed E-state index contributed by atoms with van der Waals surface area (Å²) in [7, 11) is 0. The minimum Gasteiger partial charge on any atom is -0.500 e. The SMILES string of the molecule is CC(C)c1cc(-c2ccccc2)cc(C(C)C)c1-n1c(-c2[c-]ccc3c2oc2cc4nc(-c5ccccc5)n(-c5ccccc5)c4cc23)nc2ccccc21.[2H]C([2H])([2H])c1ccc(-c2[c-]cccc2)nc1.[Ir]. The Kier molecular flexibility index (Phi) is 11.5. The first-order valence-corrected chi connectivity index (χ1v) is 23.1. The number of benzene rings is 8. The molecular weight excluding hydrogens is 1020 g/mol. The van der Waals surface area contributed by atoms with Crippen molar-refractivity contribution in [2.75, 3.05) is 0 Å². The van der Waals surface area contributed by atoms with Gasteiger partial charge >= 0.3 is 0 Å². The number of furan rings is 1. The number of hydrogen-bond acceptors (Lipinski definition) is 4. The molecule has 0 aliphatic heterocycles. The number of para-hydroxylation sites is 3. The van der Waals surface area contributed by atoms with Crippen molar-refractivity contribution in [1.82, 2.24) is 24.1 Å². The van der Waals surface area contributed by atoms with Crippen LogP contribution in [0.25, 0.3) is 101 Å². The zero-order valence-corrected chi connectivity index (χ0v) is 41.0. The van der Waals surface area contributed by atoms with Gasteiger partial charge in [-0.25, -0.2) is 4.98 Å². The number of fused-ring (bicyclic) bond motifs is 5. The van der Waals surface area contributed by atoms with Gasteiger partial charge in [0.25, 0.3) is 0 Å². The monoisotopic (exact) mass is 1080 g/mol. The Balaban J connectivity index is 0.000000300. The average Bonchev–Trinajstić information content (AvgIpc) is 4.10. The molecule has 6 nitrogen and oxygen atoms in total. The summed E-state index contributed by atoms with van der Waals surface area (Å²) in [5.41, 5.74) is 16.4. The zero-order chi connectivity index (χ0) is 48.8. The molecular formula is C62H49IrN5O-2. The Bertz CT molecular complexity index is 3820. The molecule has 0 amide bonds. The number of pyridine rings is 1. The molecule has 0 N–H and O–H groups in total. The third kappa shape index (κ3) is 8.50. The van der Waals surface area contributed by atoms with Crippen LogP contribution in [0.3, 0.4) is 0 Å². The van der Waals surface area contributed by atoms with Gasteiger partial charge in [-0.15, -0.1) is 54.1 Å². The van der Waals surface area contributed by atoms with Gasteiger partial charge in [-0.2, -0.15) is 0 Å². The Hall–Kier alpha value is -7.70. The van der Waals surface area contributed by atoms with Crippen molar-refractivity contribution in [3.63, 3.8) is 0 Å². The van der Waals surface area contributed by atoms with Gasteiger partial charge in [0.05, 0.1) is 33.5 Å². The van der Waals surface area contributed by atoms with Gasteiger partial charge in [-0.05, 0) is 94.7 Å². The van der Waals surface area contributed by atoms with E-state index in [1.54, 1.807) is 18.2 Å². The van der Waals surface area contributed by atoms with Crippen LogP contribution in [-0.2, 0) is 20.1 Å². The van der Waals surface area contributed by atoms with E-state index >= 15 is 0 Å². The molecule has 4 aromatic heterocycles. The van der Waals surface area contributed by atoms with Crippen LogP contribution in [0.1, 0.15) is 60.3 Å². The summed E-state index contributed by atoms with van der Waals surface area (Å²) >= 11 is 0. The molecule has 339 valence electrons. The minimum absolute atomic E-state index is 0. The molecule has 12 rings (SSSR count). The predicted molar refractivity (Wildman–Crippen MR) is 280 cm³/mol. The van der Waals surface area contributed by atoms with Crippen molar-refractivity contribution in [1.29, 1.82) is 0 Å². The van der Waals surface area contributed by atoms with E-state index < -0.39 is 6.85 Å². The minimum atomic E-state index is -2.09. The number of hydrogen-bond donors (Lipinski definition) is 0. The average molecular weight is 1080 g/mol. The summed E-state index contributed by atoms with van der Waals surface area (Å²) in [5, 5.41) is 2.04. The molecule has 4 heterocycles. The Labute approximate surface area is 420 Å². The maximum absolute atomic E-state index is 7.23. The fourth-order valence-electron chi connectivity index (χ4n) is 9.24. The molecule has 0 unspecified atom stereocenters. The molecule has 0 fully saturated rings. The second-order valence-electron chi connectivity index (χ2n) is 17.7. The maximum Gasteiger partial charge on any atom is 0.145 e. The number of imidazole rings is 2. The van der Waals surface area contributed by atoms with Crippen LogP contribution < -0.4 is 0 Å². The van der Waals surface area contributed by atoms with E-state index in [9.17, 15) is 0 Å². The first-order valence-electron chi connectivity index (χ1n) is 24.6. The van der Waals surface area contributed by atoms with E-state index in [1.807, 2.05) is 36.4 Å². The molecule has 0 atom stereocenters. The largest absolute Gasteiger partial charge is 0.500 e. The topological polar surface area (TPSA) is 61.7 Å². The van der Waals surface area contributed by atoms with Gasteiger partial charge in [0.1, 0.15) is 11.4 Å². The van der Waals surface area contributed by atoms with Crippen LogP contribution in [0.4, 0.5) is 0 Å². The second-order valence-corrected chi connectivity index (χ2v) is 17.7. The van der Waals surface area contributed by atoms with Gasteiger partial charge in [0.2, 0.25) is 0 Å². The molecule has 0 saturated carbocycles. The molecule has 7 heteroatoms. The third-order valence-electron chi connectivity index (χ3n) is 12.5. The van der Waals surface area contributed by atoms with E-state index in [0.717, 1.165) is 83.7 Å².